The lowest BCUT2D eigenvalue weighted by Gasteiger charge is -2.03. The van der Waals surface area contributed by atoms with Gasteiger partial charge in [-0.05, 0) is 18.4 Å². The molecule has 1 N–H and O–H groups in total. The zero-order chi connectivity index (χ0) is 11.6. The van der Waals surface area contributed by atoms with Crippen LogP contribution in [0.4, 0.5) is 10.1 Å². The lowest BCUT2D eigenvalue weighted by Crippen LogP contribution is -2.07. The van der Waals surface area contributed by atoms with Crippen molar-refractivity contribution in [1.29, 1.82) is 0 Å². The van der Waals surface area contributed by atoms with E-state index in [0.29, 0.717) is 0 Å². The first-order valence-corrected chi connectivity index (χ1v) is 4.95. The number of halogens is 1. The molecule has 0 aliphatic heterocycles. The number of benzene rings is 1. The van der Waals surface area contributed by atoms with Crippen LogP contribution in [-0.4, -0.2) is 22.3 Å². The highest BCUT2D eigenvalue weighted by atomic mass is 32.2. The Morgan fingerprint density at radius 2 is 2.20 bits per heavy atom. The van der Waals surface area contributed by atoms with E-state index in [1.165, 1.54) is 6.07 Å². The molecule has 7 heteroatoms. The highest BCUT2D eigenvalue weighted by molar-refractivity contribution is 7.98. The smallest absolute Gasteiger partial charge is 0.345 e. The first kappa shape index (κ1) is 11.4. The summed E-state index contributed by atoms with van der Waals surface area (Å²) in [6, 6.07) is 2.09. The lowest BCUT2D eigenvalue weighted by atomic mass is 10.1. The summed E-state index contributed by atoms with van der Waals surface area (Å²) in [5, 5.41) is 19.3. The standard InChI is InChI=1S/C8H6FNO4S/c1-15-5-3-2-4(9)6(8(11)12)7(5)10(13)14/h2-3H,1H3,(H,11,12). The molecule has 15 heavy (non-hydrogen) atoms. The van der Waals surface area contributed by atoms with Gasteiger partial charge < -0.3 is 5.11 Å². The van der Waals surface area contributed by atoms with Gasteiger partial charge in [-0.25, -0.2) is 9.18 Å². The Bertz CT molecular complexity index is 435. The lowest BCUT2D eigenvalue weighted by molar-refractivity contribution is -0.388. The van der Waals surface area contributed by atoms with Crippen LogP contribution < -0.4 is 0 Å². The van der Waals surface area contributed by atoms with Crippen molar-refractivity contribution in [3.05, 3.63) is 33.6 Å². The van der Waals surface area contributed by atoms with Crippen molar-refractivity contribution in [3.8, 4) is 0 Å². The van der Waals surface area contributed by atoms with Gasteiger partial charge in [0.1, 0.15) is 5.82 Å². The molecule has 0 fully saturated rings. The second-order valence-corrected chi connectivity index (χ2v) is 3.38. The molecule has 0 amide bonds. The summed E-state index contributed by atoms with van der Waals surface area (Å²) in [5.74, 6) is -2.75. The zero-order valence-electron chi connectivity index (χ0n) is 7.56. The van der Waals surface area contributed by atoms with Crippen molar-refractivity contribution < 1.29 is 19.2 Å². The van der Waals surface area contributed by atoms with E-state index in [4.69, 9.17) is 5.11 Å². The molecule has 0 atom stereocenters. The summed E-state index contributed by atoms with van der Waals surface area (Å²) >= 11 is 0.992. The van der Waals surface area contributed by atoms with Crippen LogP contribution in [0.15, 0.2) is 17.0 Å². The molecule has 0 aromatic heterocycles. The molecule has 0 spiro atoms. The Morgan fingerprint density at radius 3 is 2.60 bits per heavy atom. The molecule has 0 saturated carbocycles. The minimum Gasteiger partial charge on any atom is -0.477 e. The summed E-state index contributed by atoms with van der Waals surface area (Å²) < 4.78 is 13.1. The molecule has 0 bridgehead atoms. The van der Waals surface area contributed by atoms with Crippen molar-refractivity contribution in [2.24, 2.45) is 0 Å². The Morgan fingerprint density at radius 1 is 1.60 bits per heavy atom. The summed E-state index contributed by atoms with van der Waals surface area (Å²) in [4.78, 5) is 20.5. The number of thioether (sulfide) groups is 1. The number of carbonyl (C=O) groups is 1. The van der Waals surface area contributed by atoms with Crippen LogP contribution in [-0.2, 0) is 0 Å². The van der Waals surface area contributed by atoms with Gasteiger partial charge in [0.2, 0.25) is 0 Å². The predicted octanol–water partition coefficient (Wildman–Crippen LogP) is 2.15. The molecule has 0 saturated heterocycles. The minimum atomic E-state index is -1.64. The van der Waals surface area contributed by atoms with E-state index in [2.05, 4.69) is 0 Å². The number of rotatable bonds is 3. The van der Waals surface area contributed by atoms with Gasteiger partial charge >= 0.3 is 5.97 Å². The van der Waals surface area contributed by atoms with Crippen LogP contribution in [0, 0.1) is 15.9 Å². The van der Waals surface area contributed by atoms with Crippen LogP contribution in [0.25, 0.3) is 0 Å². The monoisotopic (exact) mass is 231 g/mol. The van der Waals surface area contributed by atoms with Crippen LogP contribution in [0.2, 0.25) is 0 Å². The van der Waals surface area contributed by atoms with E-state index in [1.807, 2.05) is 0 Å². The number of nitro groups is 1. The summed E-state index contributed by atoms with van der Waals surface area (Å²) in [5.41, 5.74) is -1.60. The highest BCUT2D eigenvalue weighted by Crippen LogP contribution is 2.32. The molecule has 1 aromatic rings. The van der Waals surface area contributed by atoms with Gasteiger partial charge in [-0.15, -0.1) is 11.8 Å². The number of hydrogen-bond acceptors (Lipinski definition) is 4. The third kappa shape index (κ3) is 2.07. The largest absolute Gasteiger partial charge is 0.477 e. The number of aromatic carboxylic acids is 1. The molecule has 0 heterocycles. The Labute approximate surface area is 88.1 Å². The van der Waals surface area contributed by atoms with Crippen molar-refractivity contribution in [1.82, 2.24) is 0 Å². The Hall–Kier alpha value is -1.63. The summed E-state index contributed by atoms with van der Waals surface area (Å²) in [7, 11) is 0. The van der Waals surface area contributed by atoms with E-state index >= 15 is 0 Å². The van der Waals surface area contributed by atoms with E-state index < -0.39 is 28.0 Å². The molecule has 80 valence electrons. The SMILES string of the molecule is CSc1ccc(F)c(C(=O)O)c1[N+](=O)[O-]. The average Bonchev–Trinajstić information content (AvgIpc) is 2.16. The fourth-order valence-corrected chi connectivity index (χ4v) is 1.67. The molecule has 1 rings (SSSR count). The first-order valence-electron chi connectivity index (χ1n) is 3.73. The first-order chi connectivity index (χ1) is 6.99. The Balaban J connectivity index is 3.58. The fraction of sp³-hybridized carbons (Fsp3) is 0.125. The van der Waals surface area contributed by atoms with Gasteiger partial charge in [0, 0.05) is 0 Å². The van der Waals surface area contributed by atoms with E-state index in [-0.39, 0.29) is 4.90 Å². The molecular weight excluding hydrogens is 225 g/mol. The number of carboxylic acid groups (broad SMARTS) is 1. The van der Waals surface area contributed by atoms with E-state index in [0.717, 1.165) is 17.8 Å². The van der Waals surface area contributed by atoms with Crippen LogP contribution in [0.3, 0.4) is 0 Å². The molecule has 5 nitrogen and oxygen atoms in total. The summed E-state index contributed by atoms with van der Waals surface area (Å²) in [6.07, 6.45) is 1.55. The predicted molar refractivity (Wildman–Crippen MR) is 51.8 cm³/mol. The van der Waals surface area contributed by atoms with Gasteiger partial charge in [0.15, 0.2) is 5.56 Å². The molecule has 0 unspecified atom stereocenters. The fourth-order valence-electron chi connectivity index (χ4n) is 1.10. The van der Waals surface area contributed by atoms with Gasteiger partial charge in [-0.3, -0.25) is 10.1 Å². The quantitative estimate of drug-likeness (QED) is 0.489. The maximum Gasteiger partial charge on any atom is 0.345 e. The normalized spacial score (nSPS) is 10.0. The maximum atomic E-state index is 13.1. The van der Waals surface area contributed by atoms with Crippen LogP contribution in [0.5, 0.6) is 0 Å². The van der Waals surface area contributed by atoms with Gasteiger partial charge in [0.05, 0.1) is 9.82 Å². The second kappa shape index (κ2) is 4.26. The molecule has 0 radical (unpaired) electrons. The highest BCUT2D eigenvalue weighted by Gasteiger charge is 2.28. The topological polar surface area (TPSA) is 80.4 Å². The average molecular weight is 231 g/mol. The molecule has 0 aliphatic carbocycles. The van der Waals surface area contributed by atoms with Crippen LogP contribution in [0.1, 0.15) is 10.4 Å². The zero-order valence-corrected chi connectivity index (χ0v) is 8.38. The molecule has 1 aromatic carbocycles. The number of nitro benzene ring substituents is 1. The van der Waals surface area contributed by atoms with Gasteiger partial charge in [0.25, 0.3) is 5.69 Å². The van der Waals surface area contributed by atoms with Crippen molar-refractivity contribution >= 4 is 23.4 Å². The van der Waals surface area contributed by atoms with Crippen molar-refractivity contribution in [2.75, 3.05) is 6.26 Å². The van der Waals surface area contributed by atoms with Gasteiger partial charge in [-0.1, -0.05) is 0 Å². The maximum absolute atomic E-state index is 13.1. The molecular formula is C8H6FNO4S. The summed E-state index contributed by atoms with van der Waals surface area (Å²) in [6.45, 7) is 0. The third-order valence-electron chi connectivity index (χ3n) is 1.71. The van der Waals surface area contributed by atoms with E-state index in [9.17, 15) is 19.3 Å². The van der Waals surface area contributed by atoms with Crippen LogP contribution >= 0.6 is 11.8 Å². The van der Waals surface area contributed by atoms with Crippen molar-refractivity contribution in [3.63, 3.8) is 0 Å². The number of nitrogens with zero attached hydrogens (tertiary/aromatic N) is 1. The van der Waals surface area contributed by atoms with E-state index in [1.54, 1.807) is 6.26 Å². The minimum absolute atomic E-state index is 0.124. The number of hydrogen-bond donors (Lipinski definition) is 1. The third-order valence-corrected chi connectivity index (χ3v) is 2.48. The Kier molecular flexibility index (Phi) is 3.25. The van der Waals surface area contributed by atoms with Crippen molar-refractivity contribution in [2.45, 2.75) is 4.90 Å². The molecule has 0 aliphatic rings. The van der Waals surface area contributed by atoms with Gasteiger partial charge in [-0.2, -0.15) is 0 Å². The second-order valence-electron chi connectivity index (χ2n) is 2.54. The number of carboxylic acids is 1.